The first-order valence-corrected chi connectivity index (χ1v) is 8.59. The van der Waals surface area contributed by atoms with E-state index >= 15 is 0 Å². The van der Waals surface area contributed by atoms with Crippen molar-refractivity contribution in [3.8, 4) is 11.1 Å². The van der Waals surface area contributed by atoms with Gasteiger partial charge >= 0.3 is 5.97 Å². The molecule has 0 aliphatic carbocycles. The quantitative estimate of drug-likeness (QED) is 0.610. The predicted molar refractivity (Wildman–Crippen MR) is 99.1 cm³/mol. The Hall–Kier alpha value is -2.87. The number of hydrogen-bond acceptors (Lipinski definition) is 2. The van der Waals surface area contributed by atoms with Crippen LogP contribution in [0.4, 0.5) is 0 Å². The zero-order chi connectivity index (χ0) is 17.3. The van der Waals surface area contributed by atoms with Gasteiger partial charge < -0.3 is 4.74 Å². The van der Waals surface area contributed by atoms with Crippen molar-refractivity contribution in [2.45, 2.75) is 24.9 Å². The van der Waals surface area contributed by atoms with Gasteiger partial charge in [-0.05, 0) is 29.2 Å². The Morgan fingerprint density at radius 1 is 0.800 bits per heavy atom. The summed E-state index contributed by atoms with van der Waals surface area (Å²) in [6, 6.07) is 28.5. The SMILES string of the molecule is C[C@]1(c2ccc(-c3ccccc3)cc2)C[C@H](c2ccccc2)C(=O)O1. The fourth-order valence-electron chi connectivity index (χ4n) is 3.57. The van der Waals surface area contributed by atoms with Crippen LogP contribution in [0.2, 0.25) is 0 Å². The fraction of sp³-hybridized carbons (Fsp3) is 0.174. The van der Waals surface area contributed by atoms with Crippen LogP contribution >= 0.6 is 0 Å². The summed E-state index contributed by atoms with van der Waals surface area (Å²) in [5.74, 6) is -0.333. The lowest BCUT2D eigenvalue weighted by atomic mass is 9.85. The summed E-state index contributed by atoms with van der Waals surface area (Å²) in [4.78, 5) is 12.4. The average molecular weight is 328 g/mol. The zero-order valence-corrected chi connectivity index (χ0v) is 14.2. The van der Waals surface area contributed by atoms with E-state index in [0.717, 1.165) is 16.7 Å². The molecule has 2 nitrogen and oxygen atoms in total. The van der Waals surface area contributed by atoms with Crippen LogP contribution < -0.4 is 0 Å². The molecule has 4 rings (SSSR count). The second kappa shape index (κ2) is 6.21. The van der Waals surface area contributed by atoms with E-state index in [9.17, 15) is 4.79 Å². The van der Waals surface area contributed by atoms with Crippen molar-refractivity contribution in [3.63, 3.8) is 0 Å². The highest BCUT2D eigenvalue weighted by Crippen LogP contribution is 2.44. The normalized spacial score (nSPS) is 22.6. The molecule has 0 bridgehead atoms. The molecule has 1 saturated heterocycles. The topological polar surface area (TPSA) is 26.3 Å². The third-order valence-corrected chi connectivity index (χ3v) is 5.01. The monoisotopic (exact) mass is 328 g/mol. The first kappa shape index (κ1) is 15.6. The average Bonchev–Trinajstić information content (AvgIpc) is 2.99. The Labute approximate surface area is 148 Å². The van der Waals surface area contributed by atoms with E-state index in [-0.39, 0.29) is 11.9 Å². The maximum Gasteiger partial charge on any atom is 0.314 e. The molecule has 3 aromatic rings. The van der Waals surface area contributed by atoms with Crippen LogP contribution in [-0.4, -0.2) is 5.97 Å². The largest absolute Gasteiger partial charge is 0.454 e. The van der Waals surface area contributed by atoms with Crippen molar-refractivity contribution < 1.29 is 9.53 Å². The summed E-state index contributed by atoms with van der Waals surface area (Å²) in [5, 5.41) is 0. The van der Waals surface area contributed by atoms with Crippen LogP contribution in [0.1, 0.15) is 30.4 Å². The van der Waals surface area contributed by atoms with Crippen LogP contribution in [-0.2, 0) is 15.1 Å². The van der Waals surface area contributed by atoms with Crippen molar-refractivity contribution in [1.82, 2.24) is 0 Å². The Morgan fingerprint density at radius 2 is 1.36 bits per heavy atom. The summed E-state index contributed by atoms with van der Waals surface area (Å²) >= 11 is 0. The highest BCUT2D eigenvalue weighted by molar-refractivity contribution is 5.81. The molecule has 25 heavy (non-hydrogen) atoms. The van der Waals surface area contributed by atoms with E-state index in [0.29, 0.717) is 6.42 Å². The minimum atomic E-state index is -0.577. The summed E-state index contributed by atoms with van der Waals surface area (Å²) in [7, 11) is 0. The standard InChI is InChI=1S/C23H20O2/c1-23(16-21(22(24)25-23)19-10-6-3-7-11-19)20-14-12-18(13-15-20)17-8-4-2-5-9-17/h2-15,21H,16H2,1H3/t21-,23-/m1/s1. The third-order valence-electron chi connectivity index (χ3n) is 5.01. The number of cyclic esters (lactones) is 1. The van der Waals surface area contributed by atoms with Crippen LogP contribution in [0, 0.1) is 0 Å². The van der Waals surface area contributed by atoms with E-state index in [2.05, 4.69) is 36.4 Å². The summed E-state index contributed by atoms with van der Waals surface area (Å²) in [5.41, 5.74) is 3.84. The molecule has 1 aliphatic heterocycles. The van der Waals surface area contributed by atoms with Crippen molar-refractivity contribution in [2.75, 3.05) is 0 Å². The molecule has 0 amide bonds. The first-order chi connectivity index (χ1) is 12.2. The van der Waals surface area contributed by atoms with E-state index in [1.165, 1.54) is 5.56 Å². The second-order valence-electron chi connectivity index (χ2n) is 6.76. The molecule has 0 radical (unpaired) electrons. The Morgan fingerprint density at radius 3 is 2.00 bits per heavy atom. The highest BCUT2D eigenvalue weighted by Gasteiger charge is 2.45. The van der Waals surface area contributed by atoms with Gasteiger partial charge in [-0.3, -0.25) is 4.79 Å². The number of carbonyl (C=O) groups excluding carboxylic acids is 1. The molecule has 0 aromatic heterocycles. The molecule has 124 valence electrons. The minimum Gasteiger partial charge on any atom is -0.454 e. The molecule has 0 unspecified atom stereocenters. The summed E-state index contributed by atoms with van der Waals surface area (Å²) in [6.07, 6.45) is 0.667. The first-order valence-electron chi connectivity index (χ1n) is 8.59. The zero-order valence-electron chi connectivity index (χ0n) is 14.2. The van der Waals surface area contributed by atoms with Gasteiger partial charge in [-0.15, -0.1) is 0 Å². The van der Waals surface area contributed by atoms with Gasteiger partial charge in [0.2, 0.25) is 0 Å². The fourth-order valence-corrected chi connectivity index (χ4v) is 3.57. The Kier molecular flexibility index (Phi) is 3.89. The van der Waals surface area contributed by atoms with Crippen LogP contribution in [0.3, 0.4) is 0 Å². The molecule has 3 aromatic carbocycles. The molecule has 0 saturated carbocycles. The van der Waals surface area contributed by atoms with E-state index in [1.807, 2.05) is 55.5 Å². The van der Waals surface area contributed by atoms with Crippen LogP contribution in [0.15, 0.2) is 84.9 Å². The van der Waals surface area contributed by atoms with Gasteiger partial charge in [0.15, 0.2) is 0 Å². The Bertz CT molecular complexity index is 869. The van der Waals surface area contributed by atoms with E-state index in [1.54, 1.807) is 0 Å². The van der Waals surface area contributed by atoms with Gasteiger partial charge in [0.1, 0.15) is 5.60 Å². The van der Waals surface area contributed by atoms with Crippen molar-refractivity contribution in [3.05, 3.63) is 96.1 Å². The minimum absolute atomic E-state index is 0.138. The lowest BCUT2D eigenvalue weighted by Gasteiger charge is -2.23. The van der Waals surface area contributed by atoms with E-state index in [4.69, 9.17) is 4.74 Å². The van der Waals surface area contributed by atoms with Gasteiger partial charge in [-0.25, -0.2) is 0 Å². The number of ether oxygens (including phenoxy) is 1. The van der Waals surface area contributed by atoms with Crippen molar-refractivity contribution in [1.29, 1.82) is 0 Å². The smallest absolute Gasteiger partial charge is 0.314 e. The van der Waals surface area contributed by atoms with Gasteiger partial charge in [-0.2, -0.15) is 0 Å². The number of esters is 1. The number of hydrogen-bond donors (Lipinski definition) is 0. The summed E-state index contributed by atoms with van der Waals surface area (Å²) in [6.45, 7) is 2.01. The lowest BCUT2D eigenvalue weighted by molar-refractivity contribution is -0.148. The molecular weight excluding hydrogens is 308 g/mol. The van der Waals surface area contributed by atoms with Crippen molar-refractivity contribution in [2.24, 2.45) is 0 Å². The summed E-state index contributed by atoms with van der Waals surface area (Å²) < 4.78 is 5.81. The van der Waals surface area contributed by atoms with Crippen molar-refractivity contribution >= 4 is 5.97 Å². The molecule has 0 N–H and O–H groups in total. The second-order valence-corrected chi connectivity index (χ2v) is 6.76. The lowest BCUT2D eigenvalue weighted by Crippen LogP contribution is -2.20. The molecular formula is C23H20O2. The molecule has 2 heteroatoms. The molecule has 1 aliphatic rings. The number of carbonyl (C=O) groups is 1. The maximum absolute atomic E-state index is 12.4. The van der Waals surface area contributed by atoms with Gasteiger partial charge in [-0.1, -0.05) is 84.9 Å². The predicted octanol–water partition coefficient (Wildman–Crippen LogP) is 5.30. The molecule has 1 fully saturated rings. The van der Waals surface area contributed by atoms with Gasteiger partial charge in [0.05, 0.1) is 5.92 Å². The molecule has 0 spiro atoms. The Balaban J connectivity index is 1.60. The third kappa shape index (κ3) is 2.96. The van der Waals surface area contributed by atoms with Gasteiger partial charge in [0, 0.05) is 6.42 Å². The van der Waals surface area contributed by atoms with Crippen LogP contribution in [0.25, 0.3) is 11.1 Å². The highest BCUT2D eigenvalue weighted by atomic mass is 16.6. The number of benzene rings is 3. The molecule has 2 atom stereocenters. The van der Waals surface area contributed by atoms with Crippen LogP contribution in [0.5, 0.6) is 0 Å². The van der Waals surface area contributed by atoms with E-state index < -0.39 is 5.60 Å². The number of rotatable bonds is 3. The molecule has 1 heterocycles. The van der Waals surface area contributed by atoms with Gasteiger partial charge in [0.25, 0.3) is 0 Å². The maximum atomic E-state index is 12.4.